The Labute approximate surface area is 127 Å². The molecule has 0 aliphatic carbocycles. The first-order valence-corrected chi connectivity index (χ1v) is 7.94. The number of nitrogens with zero attached hydrogens (tertiary/aromatic N) is 1. The molecule has 1 heterocycles. The molecule has 0 unspecified atom stereocenters. The summed E-state index contributed by atoms with van der Waals surface area (Å²) in [7, 11) is 0. The number of amides is 2. The Morgan fingerprint density at radius 2 is 1.38 bits per heavy atom. The molecule has 0 aromatic heterocycles. The van der Waals surface area contributed by atoms with Crippen LogP contribution in [0.15, 0.2) is 12.2 Å². The van der Waals surface area contributed by atoms with Crippen molar-refractivity contribution in [3.05, 3.63) is 12.2 Å². The molecular weight excluding hydrogens is 270 g/mol. The van der Waals surface area contributed by atoms with Crippen molar-refractivity contribution in [3.63, 3.8) is 0 Å². The van der Waals surface area contributed by atoms with Gasteiger partial charge < -0.3 is 9.47 Å². The minimum Gasteiger partial charge on any atom is -0.379 e. The van der Waals surface area contributed by atoms with Crippen molar-refractivity contribution in [2.75, 3.05) is 33.0 Å². The minimum atomic E-state index is -0.261. The molecule has 0 aromatic carbocycles. The van der Waals surface area contributed by atoms with Crippen molar-refractivity contribution >= 4 is 11.8 Å². The molecule has 120 valence electrons. The van der Waals surface area contributed by atoms with E-state index < -0.39 is 0 Å². The fourth-order valence-corrected chi connectivity index (χ4v) is 2.11. The molecule has 0 N–H and O–H groups in total. The van der Waals surface area contributed by atoms with Crippen LogP contribution in [0.4, 0.5) is 0 Å². The molecule has 0 atom stereocenters. The molecule has 1 aliphatic heterocycles. The fourth-order valence-electron chi connectivity index (χ4n) is 2.11. The molecule has 21 heavy (non-hydrogen) atoms. The quantitative estimate of drug-likeness (QED) is 0.387. The van der Waals surface area contributed by atoms with E-state index in [-0.39, 0.29) is 11.8 Å². The smallest absolute Gasteiger partial charge is 0.253 e. The molecule has 0 fully saturated rings. The summed E-state index contributed by atoms with van der Waals surface area (Å²) in [6.45, 7) is 4.73. The van der Waals surface area contributed by atoms with Gasteiger partial charge in [-0.3, -0.25) is 14.5 Å². The van der Waals surface area contributed by atoms with Crippen LogP contribution in [0.25, 0.3) is 0 Å². The van der Waals surface area contributed by atoms with Gasteiger partial charge in [0.2, 0.25) is 0 Å². The molecule has 0 spiro atoms. The molecule has 1 aliphatic rings. The van der Waals surface area contributed by atoms with E-state index in [0.29, 0.717) is 26.4 Å². The van der Waals surface area contributed by atoms with Crippen molar-refractivity contribution in [2.24, 2.45) is 0 Å². The number of imide groups is 1. The lowest BCUT2D eigenvalue weighted by atomic mass is 10.1. The van der Waals surface area contributed by atoms with Gasteiger partial charge in [0.1, 0.15) is 0 Å². The van der Waals surface area contributed by atoms with Crippen LogP contribution in [-0.4, -0.2) is 49.7 Å². The highest BCUT2D eigenvalue weighted by Gasteiger charge is 2.22. The molecule has 0 bridgehead atoms. The van der Waals surface area contributed by atoms with Crippen molar-refractivity contribution in [1.82, 2.24) is 4.90 Å². The number of hydrogen-bond donors (Lipinski definition) is 0. The zero-order chi connectivity index (χ0) is 15.3. The summed E-state index contributed by atoms with van der Waals surface area (Å²) in [6.07, 6.45) is 10.1. The Balaban J connectivity index is 1.81. The van der Waals surface area contributed by atoms with Crippen LogP contribution in [-0.2, 0) is 19.1 Å². The first-order chi connectivity index (χ1) is 10.3. The van der Waals surface area contributed by atoms with Crippen LogP contribution in [0.5, 0.6) is 0 Å². The predicted molar refractivity (Wildman–Crippen MR) is 80.9 cm³/mol. The second kappa shape index (κ2) is 11.5. The number of carbonyl (C=O) groups excluding carboxylic acids is 2. The zero-order valence-electron chi connectivity index (χ0n) is 13.0. The topological polar surface area (TPSA) is 55.8 Å². The van der Waals surface area contributed by atoms with Gasteiger partial charge in [0.15, 0.2) is 0 Å². The Hall–Kier alpha value is -1.20. The zero-order valence-corrected chi connectivity index (χ0v) is 13.0. The molecule has 0 saturated carbocycles. The maximum atomic E-state index is 11.3. The van der Waals surface area contributed by atoms with Crippen LogP contribution >= 0.6 is 0 Å². The van der Waals surface area contributed by atoms with Crippen molar-refractivity contribution in [2.45, 2.75) is 45.4 Å². The van der Waals surface area contributed by atoms with E-state index in [0.717, 1.165) is 13.0 Å². The SMILES string of the molecule is CCCCCCCCOCCOCCN1C(=O)C=CC1=O. The Morgan fingerprint density at radius 3 is 2.05 bits per heavy atom. The molecule has 0 saturated heterocycles. The highest BCUT2D eigenvalue weighted by Crippen LogP contribution is 2.05. The third kappa shape index (κ3) is 7.97. The van der Waals surface area contributed by atoms with Crippen molar-refractivity contribution in [3.8, 4) is 0 Å². The first-order valence-electron chi connectivity index (χ1n) is 7.94. The molecular formula is C16H27NO4. The summed E-state index contributed by atoms with van der Waals surface area (Å²) in [4.78, 5) is 23.7. The Kier molecular flexibility index (Phi) is 9.74. The first kappa shape index (κ1) is 17.9. The monoisotopic (exact) mass is 297 g/mol. The summed E-state index contributed by atoms with van der Waals surface area (Å²) in [6, 6.07) is 0. The van der Waals surface area contributed by atoms with E-state index >= 15 is 0 Å². The fraction of sp³-hybridized carbons (Fsp3) is 0.750. The van der Waals surface area contributed by atoms with Gasteiger partial charge in [-0.15, -0.1) is 0 Å². The van der Waals surface area contributed by atoms with Gasteiger partial charge in [-0.1, -0.05) is 39.0 Å². The van der Waals surface area contributed by atoms with Crippen molar-refractivity contribution in [1.29, 1.82) is 0 Å². The maximum Gasteiger partial charge on any atom is 0.253 e. The summed E-state index contributed by atoms with van der Waals surface area (Å²) in [5, 5.41) is 0. The largest absolute Gasteiger partial charge is 0.379 e. The van der Waals surface area contributed by atoms with E-state index in [4.69, 9.17) is 9.47 Å². The molecule has 2 amide bonds. The lowest BCUT2D eigenvalue weighted by Gasteiger charge is -2.13. The predicted octanol–water partition coefficient (Wildman–Crippen LogP) is 2.31. The van der Waals surface area contributed by atoms with Crippen LogP contribution in [0, 0.1) is 0 Å². The summed E-state index contributed by atoms with van der Waals surface area (Å²) in [5.41, 5.74) is 0. The van der Waals surface area contributed by atoms with E-state index in [9.17, 15) is 9.59 Å². The van der Waals surface area contributed by atoms with Crippen molar-refractivity contribution < 1.29 is 19.1 Å². The van der Waals surface area contributed by atoms with E-state index in [1.54, 1.807) is 0 Å². The van der Waals surface area contributed by atoms with Gasteiger partial charge >= 0.3 is 0 Å². The molecule has 5 nitrogen and oxygen atoms in total. The second-order valence-corrected chi connectivity index (χ2v) is 5.15. The number of ether oxygens (including phenoxy) is 2. The number of hydrogen-bond acceptors (Lipinski definition) is 4. The normalized spacial score (nSPS) is 14.4. The molecule has 0 aromatic rings. The number of unbranched alkanes of at least 4 members (excludes halogenated alkanes) is 5. The van der Waals surface area contributed by atoms with Gasteiger partial charge in [-0.05, 0) is 6.42 Å². The summed E-state index contributed by atoms with van der Waals surface area (Å²) in [5.74, 6) is -0.522. The second-order valence-electron chi connectivity index (χ2n) is 5.15. The van der Waals surface area contributed by atoms with Gasteiger partial charge in [0.05, 0.1) is 26.4 Å². The van der Waals surface area contributed by atoms with Gasteiger partial charge in [-0.2, -0.15) is 0 Å². The van der Waals surface area contributed by atoms with Gasteiger partial charge in [0, 0.05) is 18.8 Å². The van der Waals surface area contributed by atoms with Crippen LogP contribution in [0.1, 0.15) is 45.4 Å². The lowest BCUT2D eigenvalue weighted by molar-refractivity contribution is -0.137. The average Bonchev–Trinajstić information content (AvgIpc) is 2.80. The van der Waals surface area contributed by atoms with Crippen LogP contribution in [0.2, 0.25) is 0 Å². The number of rotatable bonds is 13. The van der Waals surface area contributed by atoms with Crippen LogP contribution < -0.4 is 0 Å². The average molecular weight is 297 g/mol. The molecule has 5 heteroatoms. The highest BCUT2D eigenvalue weighted by molar-refractivity contribution is 6.12. The summed E-state index contributed by atoms with van der Waals surface area (Å²) < 4.78 is 10.8. The highest BCUT2D eigenvalue weighted by atomic mass is 16.5. The third-order valence-electron chi connectivity index (χ3n) is 3.37. The van der Waals surface area contributed by atoms with E-state index in [2.05, 4.69) is 6.92 Å². The van der Waals surface area contributed by atoms with E-state index in [1.165, 1.54) is 49.2 Å². The standard InChI is InChI=1S/C16H27NO4/c1-2-3-4-5-6-7-11-20-13-14-21-12-10-17-15(18)8-9-16(17)19/h8-9H,2-7,10-14H2,1H3. The Morgan fingerprint density at radius 1 is 0.810 bits per heavy atom. The third-order valence-corrected chi connectivity index (χ3v) is 3.37. The van der Waals surface area contributed by atoms with Gasteiger partial charge in [0.25, 0.3) is 11.8 Å². The number of carbonyl (C=O) groups is 2. The minimum absolute atomic E-state index is 0.261. The molecule has 0 radical (unpaired) electrons. The van der Waals surface area contributed by atoms with Gasteiger partial charge in [-0.25, -0.2) is 0 Å². The Bertz CT molecular complexity index is 323. The lowest BCUT2D eigenvalue weighted by Crippen LogP contribution is -2.33. The van der Waals surface area contributed by atoms with E-state index in [1.807, 2.05) is 0 Å². The summed E-state index contributed by atoms with van der Waals surface area (Å²) >= 11 is 0. The van der Waals surface area contributed by atoms with Crippen LogP contribution in [0.3, 0.4) is 0 Å². The maximum absolute atomic E-state index is 11.3. The molecule has 1 rings (SSSR count).